The van der Waals surface area contributed by atoms with Crippen LogP contribution in [0.25, 0.3) is 5.69 Å². The molecule has 2 amide bonds. The lowest BCUT2D eigenvalue weighted by Gasteiger charge is -2.15. The van der Waals surface area contributed by atoms with E-state index in [1.54, 1.807) is 15.6 Å². The van der Waals surface area contributed by atoms with Gasteiger partial charge in [0.1, 0.15) is 5.82 Å². The molecule has 0 aliphatic carbocycles. The Morgan fingerprint density at radius 3 is 2.58 bits per heavy atom. The summed E-state index contributed by atoms with van der Waals surface area (Å²) in [4.78, 5) is 12.5. The molecule has 26 heavy (non-hydrogen) atoms. The van der Waals surface area contributed by atoms with Crippen molar-refractivity contribution in [3.63, 3.8) is 0 Å². The molecule has 0 saturated heterocycles. The van der Waals surface area contributed by atoms with Gasteiger partial charge in [-0.3, -0.25) is 10.00 Å². The van der Waals surface area contributed by atoms with E-state index in [1.807, 2.05) is 65.1 Å². The van der Waals surface area contributed by atoms with Crippen molar-refractivity contribution in [2.24, 2.45) is 7.05 Å². The van der Waals surface area contributed by atoms with Crippen molar-refractivity contribution < 1.29 is 4.79 Å². The smallest absolute Gasteiger partial charge is 0.320 e. The van der Waals surface area contributed by atoms with Crippen LogP contribution in [0.2, 0.25) is 0 Å². The number of carbonyl (C=O) groups excluding carboxylic acids is 1. The van der Waals surface area contributed by atoms with Crippen molar-refractivity contribution >= 4 is 11.8 Å². The van der Waals surface area contributed by atoms with Crippen LogP contribution in [-0.2, 0) is 7.05 Å². The molecule has 0 saturated carbocycles. The highest BCUT2D eigenvalue weighted by atomic mass is 16.2. The lowest BCUT2D eigenvalue weighted by atomic mass is 10.1. The molecule has 0 radical (unpaired) electrons. The minimum Gasteiger partial charge on any atom is -0.331 e. The van der Waals surface area contributed by atoms with E-state index in [0.29, 0.717) is 5.82 Å². The van der Waals surface area contributed by atoms with Crippen molar-refractivity contribution in [1.29, 1.82) is 0 Å². The van der Waals surface area contributed by atoms with E-state index in [-0.39, 0.29) is 12.1 Å². The summed E-state index contributed by atoms with van der Waals surface area (Å²) in [5.41, 5.74) is 4.87. The molecule has 2 heterocycles. The van der Waals surface area contributed by atoms with Crippen LogP contribution >= 0.6 is 0 Å². The van der Waals surface area contributed by atoms with Gasteiger partial charge in [-0.1, -0.05) is 18.2 Å². The molecular weight excluding hydrogens is 328 g/mol. The third-order valence-corrected chi connectivity index (χ3v) is 4.50. The predicted molar refractivity (Wildman–Crippen MR) is 102 cm³/mol. The van der Waals surface area contributed by atoms with Gasteiger partial charge in [0, 0.05) is 24.4 Å². The number of aryl methyl sites for hydroxylation is 3. The molecule has 1 atom stereocenters. The first-order valence-electron chi connectivity index (χ1n) is 8.55. The van der Waals surface area contributed by atoms with Gasteiger partial charge >= 0.3 is 6.03 Å². The molecule has 0 unspecified atom stereocenters. The predicted octanol–water partition coefficient (Wildman–Crippen LogP) is 3.41. The minimum atomic E-state index is -0.282. The van der Waals surface area contributed by atoms with Crippen LogP contribution in [-0.4, -0.2) is 25.6 Å². The van der Waals surface area contributed by atoms with Crippen LogP contribution in [0.5, 0.6) is 0 Å². The quantitative estimate of drug-likeness (QED) is 0.755. The van der Waals surface area contributed by atoms with Gasteiger partial charge in [0.2, 0.25) is 0 Å². The number of amides is 2. The highest BCUT2D eigenvalue weighted by molar-refractivity contribution is 5.89. The summed E-state index contributed by atoms with van der Waals surface area (Å²) in [5.74, 6) is 0.629. The Labute approximate surface area is 153 Å². The molecule has 0 fully saturated rings. The number of rotatable bonds is 4. The average molecular weight is 352 g/mol. The molecule has 136 valence electrons. The summed E-state index contributed by atoms with van der Waals surface area (Å²) in [5, 5.41) is 14.6. The Morgan fingerprint density at radius 1 is 1.19 bits per heavy atom. The molecule has 7 nitrogen and oxygen atoms in total. The summed E-state index contributed by atoms with van der Waals surface area (Å²) in [7, 11) is 1.88. The number of nitrogens with one attached hydrogen (secondary N) is 2. The molecule has 0 spiro atoms. The van der Waals surface area contributed by atoms with Gasteiger partial charge in [-0.2, -0.15) is 10.2 Å². The van der Waals surface area contributed by atoms with Crippen LogP contribution in [0.1, 0.15) is 35.5 Å². The van der Waals surface area contributed by atoms with Crippen molar-refractivity contribution in [3.8, 4) is 5.69 Å². The van der Waals surface area contributed by atoms with E-state index in [1.165, 1.54) is 0 Å². The van der Waals surface area contributed by atoms with Gasteiger partial charge in [-0.25, -0.2) is 9.48 Å². The van der Waals surface area contributed by atoms with Crippen molar-refractivity contribution in [3.05, 3.63) is 59.0 Å². The molecule has 1 aromatic carbocycles. The molecule has 0 aliphatic heterocycles. The molecule has 0 bridgehead atoms. The second-order valence-corrected chi connectivity index (χ2v) is 6.50. The van der Waals surface area contributed by atoms with Crippen LogP contribution in [0.15, 0.2) is 36.5 Å². The first kappa shape index (κ1) is 17.7. The van der Waals surface area contributed by atoms with Crippen LogP contribution in [0.4, 0.5) is 10.6 Å². The fourth-order valence-corrected chi connectivity index (χ4v) is 2.94. The number of anilines is 1. The van der Waals surface area contributed by atoms with Gasteiger partial charge in [-0.15, -0.1) is 0 Å². The molecule has 7 heteroatoms. The monoisotopic (exact) mass is 352 g/mol. The van der Waals surface area contributed by atoms with E-state index < -0.39 is 0 Å². The summed E-state index contributed by atoms with van der Waals surface area (Å²) in [6, 6.07) is 9.35. The number of para-hydroxylation sites is 1. The topological polar surface area (TPSA) is 76.8 Å². The number of nitrogens with zero attached hydrogens (tertiary/aromatic N) is 4. The van der Waals surface area contributed by atoms with E-state index >= 15 is 0 Å². The maximum absolute atomic E-state index is 12.5. The summed E-state index contributed by atoms with van der Waals surface area (Å²) >= 11 is 0. The number of benzene rings is 1. The van der Waals surface area contributed by atoms with Crippen molar-refractivity contribution in [1.82, 2.24) is 24.9 Å². The number of urea groups is 1. The molecular formula is C19H24N6O. The van der Waals surface area contributed by atoms with E-state index in [0.717, 1.165) is 28.2 Å². The van der Waals surface area contributed by atoms with Gasteiger partial charge in [0.05, 0.1) is 23.6 Å². The Balaban J connectivity index is 1.78. The van der Waals surface area contributed by atoms with E-state index in [4.69, 9.17) is 0 Å². The maximum atomic E-state index is 12.5. The molecule has 0 aliphatic rings. The Morgan fingerprint density at radius 2 is 1.92 bits per heavy atom. The number of hydrogen-bond acceptors (Lipinski definition) is 3. The highest BCUT2D eigenvalue weighted by Gasteiger charge is 2.17. The third-order valence-electron chi connectivity index (χ3n) is 4.50. The summed E-state index contributed by atoms with van der Waals surface area (Å²) in [6.45, 7) is 7.84. The lowest BCUT2D eigenvalue weighted by molar-refractivity contribution is 0.249. The molecule has 3 aromatic rings. The fraction of sp³-hybridized carbons (Fsp3) is 0.316. The Hall–Kier alpha value is -3.09. The van der Waals surface area contributed by atoms with E-state index in [2.05, 4.69) is 20.8 Å². The standard InChI is InChI=1S/C19H24N6O/c1-12-8-6-7-9-17(12)25-18(10-13(2)23-25)22-19(26)21-14(3)16-11-20-24(5)15(16)4/h6-11,14H,1-5H3,(H2,21,22,26)/t14-/m1/s1. The maximum Gasteiger partial charge on any atom is 0.320 e. The summed E-state index contributed by atoms with van der Waals surface area (Å²) in [6.07, 6.45) is 1.78. The number of hydrogen-bond donors (Lipinski definition) is 2. The van der Waals surface area contributed by atoms with Crippen LogP contribution in [0.3, 0.4) is 0 Å². The number of aromatic nitrogens is 4. The highest BCUT2D eigenvalue weighted by Crippen LogP contribution is 2.21. The number of carbonyl (C=O) groups is 1. The minimum absolute atomic E-state index is 0.153. The van der Waals surface area contributed by atoms with Crippen LogP contribution < -0.4 is 10.6 Å². The lowest BCUT2D eigenvalue weighted by Crippen LogP contribution is -2.32. The van der Waals surface area contributed by atoms with Crippen molar-refractivity contribution in [2.45, 2.75) is 33.7 Å². The Bertz CT molecular complexity index is 939. The zero-order chi connectivity index (χ0) is 18.8. The molecule has 2 aromatic heterocycles. The second kappa shape index (κ2) is 7.03. The van der Waals surface area contributed by atoms with Gasteiger partial charge < -0.3 is 5.32 Å². The average Bonchev–Trinajstić information content (AvgIpc) is 3.10. The van der Waals surface area contributed by atoms with E-state index in [9.17, 15) is 4.79 Å². The Kier molecular flexibility index (Phi) is 4.79. The van der Waals surface area contributed by atoms with Gasteiger partial charge in [0.25, 0.3) is 0 Å². The van der Waals surface area contributed by atoms with Crippen LogP contribution in [0, 0.1) is 20.8 Å². The zero-order valence-corrected chi connectivity index (χ0v) is 15.7. The second-order valence-electron chi connectivity index (χ2n) is 6.50. The molecule has 2 N–H and O–H groups in total. The zero-order valence-electron chi connectivity index (χ0n) is 15.7. The van der Waals surface area contributed by atoms with Crippen molar-refractivity contribution in [2.75, 3.05) is 5.32 Å². The first-order valence-corrected chi connectivity index (χ1v) is 8.55. The normalized spacial score (nSPS) is 12.0. The van der Waals surface area contributed by atoms with Gasteiger partial charge in [-0.05, 0) is 39.3 Å². The third kappa shape index (κ3) is 3.46. The first-order chi connectivity index (χ1) is 12.4. The van der Waals surface area contributed by atoms with Gasteiger partial charge in [0.15, 0.2) is 0 Å². The fourth-order valence-electron chi connectivity index (χ4n) is 2.94. The SMILES string of the molecule is Cc1cc(NC(=O)N[C@H](C)c2cnn(C)c2C)n(-c2ccccc2C)n1. The largest absolute Gasteiger partial charge is 0.331 e. The summed E-state index contributed by atoms with van der Waals surface area (Å²) < 4.78 is 3.55. The molecule has 3 rings (SSSR count).